The second-order valence-corrected chi connectivity index (χ2v) is 11.3. The van der Waals surface area contributed by atoms with Gasteiger partial charge >= 0.3 is 11.9 Å². The molecule has 0 aromatic carbocycles. The second-order valence-electron chi connectivity index (χ2n) is 11.3. The number of nitrogens with one attached hydrogen (secondary N) is 2. The zero-order chi connectivity index (χ0) is 31.9. The number of H-pyrrole nitrogens is 2. The number of aromatic carboxylic acids is 1. The van der Waals surface area contributed by atoms with Crippen molar-refractivity contribution < 1.29 is 29.3 Å². The normalized spacial score (nSPS) is 16.2. The Hall–Kier alpha value is -4.99. The molecule has 0 aliphatic carbocycles. The van der Waals surface area contributed by atoms with E-state index in [1.807, 2.05) is 39.0 Å². The van der Waals surface area contributed by atoms with Crippen molar-refractivity contribution >= 4 is 51.6 Å². The molecule has 4 N–H and O–H groups in total. The van der Waals surface area contributed by atoms with Crippen molar-refractivity contribution in [1.82, 2.24) is 19.9 Å². The van der Waals surface area contributed by atoms with Gasteiger partial charge < -0.3 is 24.9 Å². The molecule has 0 spiro atoms. The molecule has 8 bridgehead atoms. The van der Waals surface area contributed by atoms with Crippen molar-refractivity contribution in [3.63, 3.8) is 0 Å². The van der Waals surface area contributed by atoms with Crippen LogP contribution in [0.3, 0.4) is 0 Å². The van der Waals surface area contributed by atoms with E-state index in [1.54, 1.807) is 13.0 Å². The molecule has 0 amide bonds. The summed E-state index contributed by atoms with van der Waals surface area (Å²) in [5.41, 5.74) is 9.76. The topological polar surface area (TPSA) is 158 Å². The largest absolute Gasteiger partial charge is 0.481 e. The Balaban J connectivity index is 2.03. The van der Waals surface area contributed by atoms with Crippen LogP contribution in [-0.4, -0.2) is 55.2 Å². The predicted octanol–water partition coefficient (Wildman–Crippen LogP) is 6.39. The average Bonchev–Trinajstić information content (AvgIpc) is 3.65. The number of carbonyl (C=O) groups excluding carboxylic acids is 1. The first-order chi connectivity index (χ1) is 21.0. The van der Waals surface area contributed by atoms with Crippen LogP contribution in [0.2, 0.25) is 0 Å². The van der Waals surface area contributed by atoms with Crippen LogP contribution < -0.4 is 0 Å². The Kier molecular flexibility index (Phi) is 8.27. The number of hydrogen-bond donors (Lipinski definition) is 4. The molecular weight excluding hydrogens is 560 g/mol. The van der Waals surface area contributed by atoms with Crippen LogP contribution in [0.25, 0.3) is 33.2 Å². The van der Waals surface area contributed by atoms with Gasteiger partial charge in [0, 0.05) is 45.2 Å². The van der Waals surface area contributed by atoms with Gasteiger partial charge in [0.2, 0.25) is 0 Å². The first-order valence-corrected chi connectivity index (χ1v) is 14.6. The average molecular weight is 597 g/mol. The van der Waals surface area contributed by atoms with E-state index in [1.165, 1.54) is 0 Å². The summed E-state index contributed by atoms with van der Waals surface area (Å²) in [7, 11) is 0. The van der Waals surface area contributed by atoms with Gasteiger partial charge in [0.25, 0.3) is 6.47 Å². The van der Waals surface area contributed by atoms with Crippen molar-refractivity contribution in [3.05, 3.63) is 81.4 Å². The highest BCUT2D eigenvalue weighted by Crippen LogP contribution is 2.42. The number of aromatic amines is 2. The smallest absolute Gasteiger partial charge is 0.338 e. The third-order valence-corrected chi connectivity index (χ3v) is 8.90. The van der Waals surface area contributed by atoms with Gasteiger partial charge in [-0.1, -0.05) is 26.5 Å². The van der Waals surface area contributed by atoms with E-state index in [0.717, 1.165) is 45.4 Å². The lowest BCUT2D eigenvalue weighted by Crippen LogP contribution is -2.11. The number of ether oxygens (including phenoxy) is 1. The van der Waals surface area contributed by atoms with Crippen molar-refractivity contribution in [2.24, 2.45) is 0 Å². The molecule has 10 heteroatoms. The first kappa shape index (κ1) is 30.5. The van der Waals surface area contributed by atoms with Gasteiger partial charge in [0.15, 0.2) is 0 Å². The molecule has 3 aromatic heterocycles. The lowest BCUT2D eigenvalue weighted by atomic mass is 9.86. The molecule has 5 rings (SSSR count). The number of carboxylic acid groups (broad SMARTS) is 2. The lowest BCUT2D eigenvalue weighted by molar-refractivity contribution is -0.136. The summed E-state index contributed by atoms with van der Waals surface area (Å²) >= 11 is 0. The van der Waals surface area contributed by atoms with Crippen LogP contribution in [0.5, 0.6) is 0 Å². The van der Waals surface area contributed by atoms with Crippen molar-refractivity contribution in [2.45, 2.75) is 65.7 Å². The second kappa shape index (κ2) is 11.9. The third kappa shape index (κ3) is 5.21. The predicted molar refractivity (Wildman–Crippen MR) is 169 cm³/mol. The van der Waals surface area contributed by atoms with Gasteiger partial charge in [-0.2, -0.15) is 0 Å². The first-order valence-electron chi connectivity index (χ1n) is 14.6. The van der Waals surface area contributed by atoms with Gasteiger partial charge in [-0.05, 0) is 74.1 Å². The molecule has 2 atom stereocenters. The maximum atomic E-state index is 12.7. The summed E-state index contributed by atoms with van der Waals surface area (Å²) in [6, 6.07) is 5.78. The summed E-state index contributed by atoms with van der Waals surface area (Å²) in [4.78, 5) is 52.7. The Morgan fingerprint density at radius 3 is 2.36 bits per heavy atom. The Labute approximate surface area is 254 Å². The van der Waals surface area contributed by atoms with Gasteiger partial charge in [-0.25, -0.2) is 9.78 Å². The molecule has 0 fully saturated rings. The number of allylic oxidation sites excluding steroid dienone is 3. The Morgan fingerprint density at radius 2 is 1.73 bits per heavy atom. The number of rotatable bonds is 9. The minimum atomic E-state index is -1.18. The fourth-order valence-electron chi connectivity index (χ4n) is 6.50. The van der Waals surface area contributed by atoms with E-state index in [4.69, 9.17) is 14.7 Å². The van der Waals surface area contributed by atoms with E-state index in [2.05, 4.69) is 23.5 Å². The summed E-state index contributed by atoms with van der Waals surface area (Å²) in [5.74, 6) is -2.85. The molecule has 228 valence electrons. The molecule has 10 nitrogen and oxygen atoms in total. The van der Waals surface area contributed by atoms with Crippen LogP contribution in [-0.2, 0) is 27.2 Å². The molecule has 2 aliphatic rings. The number of nitrogens with zero attached hydrogens (tertiary/aromatic N) is 2. The lowest BCUT2D eigenvalue weighted by Gasteiger charge is -2.17. The van der Waals surface area contributed by atoms with E-state index >= 15 is 0 Å². The molecule has 0 radical (unpaired) electrons. The molecule has 0 saturated carbocycles. The standard InChI is InChI=1S/C34H36N4O6/c1-7-20-16(3)24-12-26-18(5)22(9-10-44-15-39)32(37-26)23(11-30(40)41)33-31(34(42)43)19(6)27(38-33)14-29-21(8-2)17(4)25(36-29)13-28(20)35-24/h7,12-15,18,22,36,38H,1,8-11H2,2-6H3,(H,40,41)(H,42,43)/t18-,22-/m0/s1. The monoisotopic (exact) mass is 596 g/mol. The minimum Gasteiger partial charge on any atom is -0.481 e. The van der Waals surface area contributed by atoms with Crippen molar-refractivity contribution in [2.75, 3.05) is 6.61 Å². The maximum Gasteiger partial charge on any atom is 0.338 e. The van der Waals surface area contributed by atoms with E-state index < -0.39 is 18.4 Å². The third-order valence-electron chi connectivity index (χ3n) is 8.90. The van der Waals surface area contributed by atoms with Gasteiger partial charge in [0.05, 0.1) is 41.2 Å². The van der Waals surface area contributed by atoms with E-state index in [-0.39, 0.29) is 35.1 Å². The number of aryl methyl sites for hydroxylation is 3. The molecule has 5 heterocycles. The number of aliphatic carboxylic acids is 1. The molecule has 2 aliphatic heterocycles. The Bertz CT molecular complexity index is 1910. The summed E-state index contributed by atoms with van der Waals surface area (Å²) in [5, 5.41) is 20.4. The number of fused-ring (bicyclic) bond motifs is 8. The van der Waals surface area contributed by atoms with Crippen molar-refractivity contribution in [3.8, 4) is 0 Å². The highest BCUT2D eigenvalue weighted by molar-refractivity contribution is 6.02. The van der Waals surface area contributed by atoms with Crippen LogP contribution in [0.4, 0.5) is 0 Å². The number of carbonyl (C=O) groups is 3. The Morgan fingerprint density at radius 1 is 1.00 bits per heavy atom. The molecular formula is C34H36N4O6. The summed E-state index contributed by atoms with van der Waals surface area (Å²) < 4.78 is 5.03. The highest BCUT2D eigenvalue weighted by atomic mass is 16.5. The number of aromatic nitrogens is 4. The van der Waals surface area contributed by atoms with Crippen molar-refractivity contribution in [1.29, 1.82) is 0 Å². The van der Waals surface area contributed by atoms with Gasteiger partial charge in [-0.15, -0.1) is 0 Å². The maximum absolute atomic E-state index is 12.7. The molecule has 44 heavy (non-hydrogen) atoms. The van der Waals surface area contributed by atoms with E-state index in [9.17, 15) is 24.6 Å². The minimum absolute atomic E-state index is 0.00556. The van der Waals surface area contributed by atoms with Gasteiger partial charge in [0.1, 0.15) is 0 Å². The van der Waals surface area contributed by atoms with Gasteiger partial charge in [-0.3, -0.25) is 14.6 Å². The van der Waals surface area contributed by atoms with Crippen LogP contribution in [0.1, 0.15) is 94.4 Å². The quantitative estimate of drug-likeness (QED) is 0.163. The summed E-state index contributed by atoms with van der Waals surface area (Å²) in [6.07, 6.45) is 2.44. The molecule has 0 saturated heterocycles. The fraction of sp³-hybridized carbons (Fsp3) is 0.324. The number of carboxylic acids is 2. The van der Waals surface area contributed by atoms with E-state index in [0.29, 0.717) is 41.1 Å². The highest BCUT2D eigenvalue weighted by Gasteiger charge is 2.33. The zero-order valence-electron chi connectivity index (χ0n) is 25.5. The van der Waals surface area contributed by atoms with Crippen LogP contribution in [0.15, 0.2) is 30.9 Å². The molecule has 3 aromatic rings. The number of hydrogen-bond acceptors (Lipinski definition) is 6. The zero-order valence-corrected chi connectivity index (χ0v) is 25.5. The van der Waals surface area contributed by atoms with Crippen LogP contribution >= 0.6 is 0 Å². The fourth-order valence-corrected chi connectivity index (χ4v) is 6.50. The summed E-state index contributed by atoms with van der Waals surface area (Å²) in [6.45, 7) is 14.3. The van der Waals surface area contributed by atoms with Crippen LogP contribution in [0, 0.1) is 13.8 Å². The molecule has 0 unspecified atom stereocenters. The SMILES string of the molecule is C=CC1=C(C)c2cc3nc(c(CC(=O)O)c4[nH]c(cc5[nH]c(cc1n2)c(C)c5CC)c(C)c4C(=O)O)[C@@H](CCOC=O)[C@@H]3C.